The molecule has 0 bridgehead atoms. The van der Waals surface area contributed by atoms with Crippen LogP contribution in [0.25, 0.3) is 88.4 Å². The van der Waals surface area contributed by atoms with E-state index in [1.54, 1.807) is 0 Å². The van der Waals surface area contributed by atoms with Crippen molar-refractivity contribution in [2.45, 2.75) is 0 Å². The molecule has 2 aromatic heterocycles. The van der Waals surface area contributed by atoms with Crippen molar-refractivity contribution in [3.8, 4) is 44.5 Å². The number of benzene rings is 12. The first kappa shape index (κ1) is 48.3. The molecule has 0 spiro atoms. The van der Waals surface area contributed by atoms with E-state index in [1.165, 1.54) is 49.9 Å². The van der Waals surface area contributed by atoms with Crippen LogP contribution in [0.15, 0.2) is 317 Å². The summed E-state index contributed by atoms with van der Waals surface area (Å²) in [5.74, 6) is 0. The fourth-order valence-corrected chi connectivity index (χ4v) is 10.3. The highest BCUT2D eigenvalue weighted by Crippen LogP contribution is 2.43. The Kier molecular flexibility index (Phi) is 14.1. The van der Waals surface area contributed by atoms with Gasteiger partial charge in [-0.2, -0.15) is 0 Å². The third-order valence-corrected chi connectivity index (χ3v) is 14.3. The van der Waals surface area contributed by atoms with Gasteiger partial charge in [0, 0.05) is 44.3 Å². The summed E-state index contributed by atoms with van der Waals surface area (Å²) in [4.78, 5) is 2.29. The van der Waals surface area contributed by atoms with Gasteiger partial charge in [0.1, 0.15) is 16.7 Å². The van der Waals surface area contributed by atoms with E-state index in [0.29, 0.717) is 0 Å². The van der Waals surface area contributed by atoms with Gasteiger partial charge in [0.05, 0.1) is 10.2 Å². The zero-order valence-electron chi connectivity index (χ0n) is 42.0. The molecule has 12 aromatic carbocycles. The minimum absolute atomic E-state index is 0.882. The monoisotopic (exact) mass is 1050 g/mol. The molecule has 0 aliphatic carbocycles. The molecule has 14 aromatic rings. The van der Waals surface area contributed by atoms with Crippen LogP contribution < -0.4 is 10.2 Å². The Balaban J connectivity index is 0.000000130. The normalized spacial score (nSPS) is 10.9. The smallest absolute Gasteiger partial charge is 0.159 e. The summed E-state index contributed by atoms with van der Waals surface area (Å²) in [6.45, 7) is 0. The van der Waals surface area contributed by atoms with Gasteiger partial charge in [-0.25, -0.2) is 0 Å². The zero-order chi connectivity index (χ0) is 51.8. The van der Waals surface area contributed by atoms with Crippen molar-refractivity contribution in [1.82, 2.24) is 0 Å². The first-order valence-corrected chi connectivity index (χ1v) is 26.5. The second kappa shape index (κ2) is 22.4. The number of para-hydroxylation sites is 4. The molecule has 5 heteroatoms. The van der Waals surface area contributed by atoms with E-state index < -0.39 is 0 Å². The molecule has 0 aliphatic heterocycles. The second-order valence-corrected chi connectivity index (χ2v) is 19.5. The van der Waals surface area contributed by atoms with E-state index in [0.717, 1.165) is 71.4 Å². The standard InChI is InChI=1S/C36H25NO.C24H19N.C12H7BrO/c1-3-10-26(11-4-1)28-18-22-30(23-19-28)37(31-24-20-29(21-25-31)27-12-5-2-6-13-27)34-16-9-15-33-32-14-7-8-17-35(32)38-36(33)34;1-3-7-19(8-4-1)21-11-15-23(16-12-21)25-24-17-13-22(14-18-24)20-9-5-2-6-10-20;13-10-6-3-5-9-8-4-1-2-7-11(8)14-12(9)10/h1-25H;1-18,25H;1-7H. The molecule has 0 aliphatic rings. The summed E-state index contributed by atoms with van der Waals surface area (Å²) in [6.07, 6.45) is 0. The van der Waals surface area contributed by atoms with E-state index >= 15 is 0 Å². The zero-order valence-corrected chi connectivity index (χ0v) is 43.6. The summed E-state index contributed by atoms with van der Waals surface area (Å²) >= 11 is 3.48. The first-order chi connectivity index (χ1) is 38.1. The van der Waals surface area contributed by atoms with Crippen molar-refractivity contribution in [3.63, 3.8) is 0 Å². The molecule has 368 valence electrons. The van der Waals surface area contributed by atoms with Crippen molar-refractivity contribution >= 4 is 88.2 Å². The largest absolute Gasteiger partial charge is 0.455 e. The van der Waals surface area contributed by atoms with Crippen LogP contribution in [0.1, 0.15) is 0 Å². The lowest BCUT2D eigenvalue weighted by atomic mass is 10.0. The number of hydrogen-bond acceptors (Lipinski definition) is 4. The Morgan fingerprint density at radius 3 is 0.987 bits per heavy atom. The minimum atomic E-state index is 0.882. The highest BCUT2D eigenvalue weighted by molar-refractivity contribution is 9.10. The number of hydrogen-bond donors (Lipinski definition) is 1. The molecule has 4 nitrogen and oxygen atoms in total. The van der Waals surface area contributed by atoms with E-state index in [-0.39, 0.29) is 0 Å². The summed E-state index contributed by atoms with van der Waals surface area (Å²) in [5.41, 5.74) is 18.7. The average molecular weight is 1060 g/mol. The van der Waals surface area contributed by atoms with Crippen LogP contribution in [0.2, 0.25) is 0 Å². The molecule has 0 unspecified atom stereocenters. The molecule has 0 saturated carbocycles. The lowest BCUT2D eigenvalue weighted by Crippen LogP contribution is -2.10. The molecule has 2 heterocycles. The van der Waals surface area contributed by atoms with Crippen molar-refractivity contribution in [3.05, 3.63) is 308 Å². The van der Waals surface area contributed by atoms with Crippen molar-refractivity contribution in [2.75, 3.05) is 10.2 Å². The van der Waals surface area contributed by atoms with E-state index in [1.807, 2.05) is 66.7 Å². The van der Waals surface area contributed by atoms with Gasteiger partial charge in [0.2, 0.25) is 0 Å². The molecule has 0 atom stereocenters. The van der Waals surface area contributed by atoms with Crippen LogP contribution in [-0.4, -0.2) is 0 Å². The Morgan fingerprint density at radius 2 is 0.571 bits per heavy atom. The third-order valence-electron chi connectivity index (χ3n) is 13.7. The molecule has 0 amide bonds. The number of nitrogens with one attached hydrogen (secondary N) is 1. The van der Waals surface area contributed by atoms with Crippen LogP contribution in [0.4, 0.5) is 28.4 Å². The van der Waals surface area contributed by atoms with Gasteiger partial charge in [0.15, 0.2) is 5.58 Å². The fraction of sp³-hybridized carbons (Fsp3) is 0. The molecule has 77 heavy (non-hydrogen) atoms. The van der Waals surface area contributed by atoms with E-state index in [9.17, 15) is 0 Å². The number of furan rings is 2. The molecule has 0 fully saturated rings. The van der Waals surface area contributed by atoms with Crippen LogP contribution >= 0.6 is 15.9 Å². The average Bonchev–Trinajstić information content (AvgIpc) is 4.10. The summed E-state index contributed by atoms with van der Waals surface area (Å²) < 4.78 is 13.2. The lowest BCUT2D eigenvalue weighted by Gasteiger charge is -2.26. The van der Waals surface area contributed by atoms with E-state index in [4.69, 9.17) is 8.83 Å². The SMILES string of the molecule is Brc1cccc2c1oc1ccccc12.c1ccc(-c2ccc(N(c3ccc(-c4ccccc4)cc3)c3cccc4c3oc3ccccc34)cc2)cc1.c1ccc(-c2ccc(Nc3ccc(-c4ccccc4)cc3)cc2)cc1. The predicted octanol–water partition coefficient (Wildman–Crippen LogP) is 21.5. The first-order valence-electron chi connectivity index (χ1n) is 25.7. The maximum absolute atomic E-state index is 6.45. The number of fused-ring (bicyclic) bond motifs is 6. The van der Waals surface area contributed by atoms with Gasteiger partial charge >= 0.3 is 0 Å². The van der Waals surface area contributed by atoms with Crippen LogP contribution in [0, 0.1) is 0 Å². The molecule has 1 N–H and O–H groups in total. The highest BCUT2D eigenvalue weighted by Gasteiger charge is 2.20. The Bertz CT molecular complexity index is 4030. The van der Waals surface area contributed by atoms with Crippen LogP contribution in [-0.2, 0) is 0 Å². The third kappa shape index (κ3) is 10.7. The number of halogens is 1. The van der Waals surface area contributed by atoms with Gasteiger partial charge in [-0.1, -0.05) is 231 Å². The minimum Gasteiger partial charge on any atom is -0.455 e. The lowest BCUT2D eigenvalue weighted by molar-refractivity contribution is 0.667. The Labute approximate surface area is 456 Å². The maximum atomic E-state index is 6.45. The molecular weight excluding hydrogens is 1000 g/mol. The van der Waals surface area contributed by atoms with Crippen molar-refractivity contribution < 1.29 is 8.83 Å². The van der Waals surface area contributed by atoms with Gasteiger partial charge in [-0.05, 0) is 133 Å². The summed E-state index contributed by atoms with van der Waals surface area (Å²) in [6, 6.07) is 105. The number of nitrogens with zero attached hydrogens (tertiary/aromatic N) is 1. The molecule has 0 radical (unpaired) electrons. The summed E-state index contributed by atoms with van der Waals surface area (Å²) in [5, 5.41) is 8.04. The van der Waals surface area contributed by atoms with Gasteiger partial charge in [-0.15, -0.1) is 0 Å². The van der Waals surface area contributed by atoms with Gasteiger partial charge in [0.25, 0.3) is 0 Å². The Morgan fingerprint density at radius 1 is 0.260 bits per heavy atom. The van der Waals surface area contributed by atoms with Gasteiger partial charge in [-0.3, -0.25) is 0 Å². The Hall–Kier alpha value is -9.68. The second-order valence-electron chi connectivity index (χ2n) is 18.6. The quantitative estimate of drug-likeness (QED) is 0.156. The van der Waals surface area contributed by atoms with Crippen molar-refractivity contribution in [2.24, 2.45) is 0 Å². The number of anilines is 5. The molecule has 14 rings (SSSR count). The fourth-order valence-electron chi connectivity index (χ4n) is 9.84. The molecule has 0 saturated heterocycles. The van der Waals surface area contributed by atoms with E-state index in [2.05, 4.69) is 263 Å². The predicted molar refractivity (Wildman–Crippen MR) is 328 cm³/mol. The maximum Gasteiger partial charge on any atom is 0.159 e. The van der Waals surface area contributed by atoms with Crippen LogP contribution in [0.3, 0.4) is 0 Å². The summed E-state index contributed by atoms with van der Waals surface area (Å²) in [7, 11) is 0. The van der Waals surface area contributed by atoms with Gasteiger partial charge < -0.3 is 19.1 Å². The van der Waals surface area contributed by atoms with Crippen LogP contribution in [0.5, 0.6) is 0 Å². The highest BCUT2D eigenvalue weighted by atomic mass is 79.9. The topological polar surface area (TPSA) is 41.6 Å². The van der Waals surface area contributed by atoms with Crippen molar-refractivity contribution in [1.29, 1.82) is 0 Å². The molecular formula is C72H51BrN2O2. The number of rotatable bonds is 9.